The zero-order valence-corrected chi connectivity index (χ0v) is 10.6. The van der Waals surface area contributed by atoms with Crippen LogP contribution in [0.15, 0.2) is 23.2 Å². The zero-order valence-electron chi connectivity index (χ0n) is 9.89. The van der Waals surface area contributed by atoms with Crippen molar-refractivity contribution in [3.05, 3.63) is 23.2 Å². The van der Waals surface area contributed by atoms with Gasteiger partial charge in [0.2, 0.25) is 0 Å². The first kappa shape index (κ1) is 12.0. The molecule has 0 bridgehead atoms. The van der Waals surface area contributed by atoms with Crippen LogP contribution in [0.3, 0.4) is 0 Å². The van der Waals surface area contributed by atoms with E-state index in [9.17, 15) is 0 Å². The second kappa shape index (κ2) is 5.27. The van der Waals surface area contributed by atoms with Crippen molar-refractivity contribution in [3.8, 4) is 5.75 Å². The van der Waals surface area contributed by atoms with E-state index in [2.05, 4.69) is 9.89 Å². The second-order valence-corrected chi connectivity index (χ2v) is 4.35. The molecule has 1 heterocycles. The van der Waals surface area contributed by atoms with Crippen LogP contribution in [0.4, 0.5) is 5.69 Å². The lowest BCUT2D eigenvalue weighted by molar-refractivity contribution is 0.329. The molecule has 1 aliphatic heterocycles. The topological polar surface area (TPSA) is 34.1 Å². The number of nitrogens with zero attached hydrogens (tertiary/aromatic N) is 2. The number of ether oxygens (including phenoxy) is 2. The van der Waals surface area contributed by atoms with Gasteiger partial charge in [-0.05, 0) is 12.1 Å². The van der Waals surface area contributed by atoms with Gasteiger partial charge in [-0.3, -0.25) is 0 Å². The third-order valence-corrected chi connectivity index (χ3v) is 3.01. The number of benzene rings is 1. The minimum atomic E-state index is 0.196. The average molecular weight is 255 g/mol. The molecule has 1 unspecified atom stereocenters. The van der Waals surface area contributed by atoms with E-state index < -0.39 is 0 Å². The SMILES string of the molecule is COc1cc(N(C)CC2COC=N2)ccc1Cl. The van der Waals surface area contributed by atoms with Crippen molar-refractivity contribution in [1.29, 1.82) is 0 Å². The summed E-state index contributed by atoms with van der Waals surface area (Å²) in [5.74, 6) is 0.683. The summed E-state index contributed by atoms with van der Waals surface area (Å²) in [5, 5.41) is 0.617. The summed E-state index contributed by atoms with van der Waals surface area (Å²) in [4.78, 5) is 6.32. The zero-order chi connectivity index (χ0) is 12.3. The number of aliphatic imine (C=N–C) groups is 1. The molecular weight excluding hydrogens is 240 g/mol. The molecule has 5 heteroatoms. The smallest absolute Gasteiger partial charge is 0.169 e. The Kier molecular flexibility index (Phi) is 3.74. The lowest BCUT2D eigenvalue weighted by Gasteiger charge is -2.21. The molecule has 1 aliphatic rings. The molecule has 1 atom stereocenters. The number of halogens is 1. The van der Waals surface area contributed by atoms with Gasteiger partial charge in [0.15, 0.2) is 6.40 Å². The van der Waals surface area contributed by atoms with E-state index in [0.717, 1.165) is 12.2 Å². The van der Waals surface area contributed by atoms with Crippen LogP contribution in [0.1, 0.15) is 0 Å². The molecule has 17 heavy (non-hydrogen) atoms. The molecule has 1 aromatic rings. The van der Waals surface area contributed by atoms with Crippen molar-refractivity contribution in [3.63, 3.8) is 0 Å². The predicted molar refractivity (Wildman–Crippen MR) is 69.5 cm³/mol. The van der Waals surface area contributed by atoms with Gasteiger partial charge in [0.05, 0.1) is 12.1 Å². The number of rotatable bonds is 4. The Morgan fingerprint density at radius 2 is 2.41 bits per heavy atom. The fourth-order valence-electron chi connectivity index (χ4n) is 1.73. The number of hydrogen-bond donors (Lipinski definition) is 0. The van der Waals surface area contributed by atoms with Gasteiger partial charge in [0, 0.05) is 25.3 Å². The molecule has 92 valence electrons. The van der Waals surface area contributed by atoms with Crippen LogP contribution >= 0.6 is 11.6 Å². The van der Waals surface area contributed by atoms with Gasteiger partial charge in [0.1, 0.15) is 18.4 Å². The van der Waals surface area contributed by atoms with Crippen molar-refractivity contribution in [2.75, 3.05) is 32.2 Å². The highest BCUT2D eigenvalue weighted by atomic mass is 35.5. The van der Waals surface area contributed by atoms with Gasteiger partial charge in [-0.2, -0.15) is 0 Å². The van der Waals surface area contributed by atoms with Crippen LogP contribution in [0.2, 0.25) is 5.02 Å². The Bertz CT molecular complexity index is 423. The monoisotopic (exact) mass is 254 g/mol. The molecule has 0 saturated carbocycles. The molecule has 0 aliphatic carbocycles. The summed E-state index contributed by atoms with van der Waals surface area (Å²) in [5.41, 5.74) is 1.05. The number of likely N-dealkylation sites (N-methyl/N-ethyl adjacent to an activating group) is 1. The summed E-state index contributed by atoms with van der Waals surface area (Å²) in [7, 11) is 3.62. The lowest BCUT2D eigenvalue weighted by atomic mass is 10.2. The van der Waals surface area contributed by atoms with Crippen molar-refractivity contribution in [1.82, 2.24) is 0 Å². The van der Waals surface area contributed by atoms with Crippen LogP contribution in [0.25, 0.3) is 0 Å². The van der Waals surface area contributed by atoms with Crippen molar-refractivity contribution in [2.45, 2.75) is 6.04 Å². The maximum Gasteiger partial charge on any atom is 0.169 e. The number of methoxy groups -OCH3 is 1. The summed E-state index contributed by atoms with van der Waals surface area (Å²) >= 11 is 5.98. The van der Waals surface area contributed by atoms with Crippen LogP contribution in [-0.4, -0.2) is 39.8 Å². The first-order valence-electron chi connectivity index (χ1n) is 5.38. The van der Waals surface area contributed by atoms with Crippen molar-refractivity contribution >= 4 is 23.7 Å². The Balaban J connectivity index is 2.07. The van der Waals surface area contributed by atoms with Gasteiger partial charge in [0.25, 0.3) is 0 Å². The highest BCUT2D eigenvalue weighted by Crippen LogP contribution is 2.29. The normalized spacial score (nSPS) is 17.9. The molecule has 4 nitrogen and oxygen atoms in total. The number of hydrogen-bond acceptors (Lipinski definition) is 4. The van der Waals surface area contributed by atoms with E-state index in [0.29, 0.717) is 17.4 Å². The summed E-state index contributed by atoms with van der Waals surface area (Å²) in [6.07, 6.45) is 1.51. The molecule has 1 aromatic carbocycles. The van der Waals surface area contributed by atoms with E-state index >= 15 is 0 Å². The molecule has 0 fully saturated rings. The predicted octanol–water partition coefficient (Wildman–Crippen LogP) is 2.21. The van der Waals surface area contributed by atoms with E-state index in [1.807, 2.05) is 25.2 Å². The highest BCUT2D eigenvalue weighted by molar-refractivity contribution is 6.32. The third-order valence-electron chi connectivity index (χ3n) is 2.69. The lowest BCUT2D eigenvalue weighted by Crippen LogP contribution is -2.28. The van der Waals surface area contributed by atoms with Crippen molar-refractivity contribution in [2.24, 2.45) is 4.99 Å². The van der Waals surface area contributed by atoms with Gasteiger partial charge < -0.3 is 14.4 Å². The molecule has 0 amide bonds. The standard InChI is InChI=1S/C12H15ClN2O2/c1-15(6-9-7-17-8-14-9)10-3-4-11(13)12(5-10)16-2/h3-5,8-9H,6-7H2,1-2H3. The maximum absolute atomic E-state index is 5.98. The summed E-state index contributed by atoms with van der Waals surface area (Å²) < 4.78 is 10.3. The van der Waals surface area contributed by atoms with Crippen LogP contribution in [0, 0.1) is 0 Å². The fraction of sp³-hybridized carbons (Fsp3) is 0.417. The molecule has 0 aromatic heterocycles. The molecule has 0 saturated heterocycles. The van der Waals surface area contributed by atoms with Crippen molar-refractivity contribution < 1.29 is 9.47 Å². The Morgan fingerprint density at radius 3 is 3.06 bits per heavy atom. The minimum Gasteiger partial charge on any atom is -0.495 e. The van der Waals surface area contributed by atoms with Gasteiger partial charge in [-0.25, -0.2) is 4.99 Å². The Labute approximate surface area is 106 Å². The Hall–Kier alpha value is -1.42. The van der Waals surface area contributed by atoms with E-state index in [4.69, 9.17) is 21.1 Å². The summed E-state index contributed by atoms with van der Waals surface area (Å²) in [6, 6.07) is 5.91. The minimum absolute atomic E-state index is 0.196. The molecule has 2 rings (SSSR count). The fourth-order valence-corrected chi connectivity index (χ4v) is 1.93. The largest absolute Gasteiger partial charge is 0.495 e. The van der Waals surface area contributed by atoms with E-state index in [-0.39, 0.29) is 6.04 Å². The average Bonchev–Trinajstić information content (AvgIpc) is 2.82. The maximum atomic E-state index is 5.98. The molecular formula is C12H15ClN2O2. The third kappa shape index (κ3) is 2.82. The molecule has 0 spiro atoms. The highest BCUT2D eigenvalue weighted by Gasteiger charge is 2.15. The Morgan fingerprint density at radius 1 is 1.59 bits per heavy atom. The van der Waals surface area contributed by atoms with Crippen LogP contribution in [0.5, 0.6) is 5.75 Å². The van der Waals surface area contributed by atoms with Crippen LogP contribution < -0.4 is 9.64 Å². The molecule has 0 N–H and O–H groups in total. The summed E-state index contributed by atoms with van der Waals surface area (Å²) in [6.45, 7) is 1.45. The van der Waals surface area contributed by atoms with Gasteiger partial charge in [-0.15, -0.1) is 0 Å². The number of anilines is 1. The quantitative estimate of drug-likeness (QED) is 0.826. The van der Waals surface area contributed by atoms with Gasteiger partial charge in [-0.1, -0.05) is 11.6 Å². The van der Waals surface area contributed by atoms with E-state index in [1.54, 1.807) is 7.11 Å². The van der Waals surface area contributed by atoms with Crippen LogP contribution in [-0.2, 0) is 4.74 Å². The van der Waals surface area contributed by atoms with Gasteiger partial charge >= 0.3 is 0 Å². The first-order chi connectivity index (χ1) is 8.20. The van der Waals surface area contributed by atoms with E-state index in [1.165, 1.54) is 6.40 Å². The first-order valence-corrected chi connectivity index (χ1v) is 5.76. The molecule has 0 radical (unpaired) electrons. The second-order valence-electron chi connectivity index (χ2n) is 3.94.